The van der Waals surface area contributed by atoms with E-state index < -0.39 is 0 Å². The van der Waals surface area contributed by atoms with Crippen molar-refractivity contribution >= 4 is 21.8 Å². The molecule has 0 aliphatic carbocycles. The second-order valence-electron chi connectivity index (χ2n) is 12.0. The topological polar surface area (TPSA) is 17.8 Å². The lowest BCUT2D eigenvalue weighted by molar-refractivity contribution is 0.716. The van der Waals surface area contributed by atoms with E-state index in [1.54, 1.807) is 0 Å². The fourth-order valence-corrected chi connectivity index (χ4v) is 6.84. The highest BCUT2D eigenvalue weighted by atomic mass is 15.0. The standard InChI is InChI=1S/C44H34N2/c1-3-10-33(11-4-1)35-20-17-32(18-21-35)19-27-40(37-24-22-36(23-25-37)34-12-5-2-6-13-34)38-26-28-44-42(30-38)41-15-7-8-16-43(41)46(44)39-14-9-29-45-31-39/h1-18,20-26,28-31,40H,19,27H2. The first kappa shape index (κ1) is 27.8. The van der Waals surface area contributed by atoms with E-state index in [2.05, 4.69) is 167 Å². The maximum atomic E-state index is 4.42. The van der Waals surface area contributed by atoms with Gasteiger partial charge < -0.3 is 4.57 Å². The van der Waals surface area contributed by atoms with Gasteiger partial charge in [0.1, 0.15) is 0 Å². The average Bonchev–Trinajstić information content (AvgIpc) is 3.47. The van der Waals surface area contributed by atoms with Gasteiger partial charge in [0.05, 0.1) is 22.9 Å². The third-order valence-electron chi connectivity index (χ3n) is 9.21. The third kappa shape index (κ3) is 5.39. The van der Waals surface area contributed by atoms with Crippen LogP contribution in [0.4, 0.5) is 0 Å². The lowest BCUT2D eigenvalue weighted by Crippen LogP contribution is -2.04. The van der Waals surface area contributed by atoms with Crippen LogP contribution in [0, 0.1) is 0 Å². The molecule has 0 bridgehead atoms. The van der Waals surface area contributed by atoms with Crippen molar-refractivity contribution in [2.75, 3.05) is 0 Å². The van der Waals surface area contributed by atoms with Crippen LogP contribution in [0.3, 0.4) is 0 Å². The molecule has 0 saturated heterocycles. The van der Waals surface area contributed by atoms with Gasteiger partial charge in [-0.05, 0) is 82.1 Å². The number of aryl methyl sites for hydroxylation is 1. The van der Waals surface area contributed by atoms with E-state index in [0.29, 0.717) is 0 Å². The summed E-state index contributed by atoms with van der Waals surface area (Å²) in [6.07, 6.45) is 5.79. The van der Waals surface area contributed by atoms with E-state index in [4.69, 9.17) is 0 Å². The zero-order chi connectivity index (χ0) is 30.7. The molecule has 0 amide bonds. The van der Waals surface area contributed by atoms with Crippen molar-refractivity contribution in [1.82, 2.24) is 9.55 Å². The molecule has 1 unspecified atom stereocenters. The third-order valence-corrected chi connectivity index (χ3v) is 9.21. The molecular formula is C44H34N2. The second kappa shape index (κ2) is 12.3. The van der Waals surface area contributed by atoms with Gasteiger partial charge in [-0.3, -0.25) is 4.98 Å². The van der Waals surface area contributed by atoms with Gasteiger partial charge in [0.15, 0.2) is 0 Å². The zero-order valence-corrected chi connectivity index (χ0v) is 25.6. The highest BCUT2D eigenvalue weighted by Crippen LogP contribution is 2.37. The van der Waals surface area contributed by atoms with Crippen molar-refractivity contribution in [2.24, 2.45) is 0 Å². The normalized spacial score (nSPS) is 12.0. The van der Waals surface area contributed by atoms with Crippen LogP contribution in [0.25, 0.3) is 49.7 Å². The first-order valence-electron chi connectivity index (χ1n) is 16.0. The molecule has 0 radical (unpaired) electrons. The Kier molecular flexibility index (Phi) is 7.46. The number of aromatic nitrogens is 2. The molecule has 0 N–H and O–H groups in total. The van der Waals surface area contributed by atoms with Crippen molar-refractivity contribution in [3.05, 3.63) is 193 Å². The van der Waals surface area contributed by atoms with Crippen LogP contribution in [0.15, 0.2) is 176 Å². The lowest BCUT2D eigenvalue weighted by Gasteiger charge is -2.20. The predicted octanol–water partition coefficient (Wildman–Crippen LogP) is 11.3. The largest absolute Gasteiger partial charge is 0.308 e. The van der Waals surface area contributed by atoms with Crippen molar-refractivity contribution in [2.45, 2.75) is 18.8 Å². The molecule has 46 heavy (non-hydrogen) atoms. The Hall–Kier alpha value is -5.73. The van der Waals surface area contributed by atoms with Gasteiger partial charge in [0, 0.05) is 22.9 Å². The van der Waals surface area contributed by atoms with Gasteiger partial charge in [-0.2, -0.15) is 0 Å². The van der Waals surface area contributed by atoms with Gasteiger partial charge >= 0.3 is 0 Å². The molecule has 0 saturated carbocycles. The molecule has 2 aromatic heterocycles. The number of hydrogen-bond donors (Lipinski definition) is 0. The molecule has 2 heterocycles. The van der Waals surface area contributed by atoms with E-state index >= 15 is 0 Å². The number of nitrogens with zero attached hydrogens (tertiary/aromatic N) is 2. The molecule has 1 atom stereocenters. The Balaban J connectivity index is 1.18. The van der Waals surface area contributed by atoms with E-state index in [9.17, 15) is 0 Å². The predicted molar refractivity (Wildman–Crippen MR) is 192 cm³/mol. The monoisotopic (exact) mass is 590 g/mol. The smallest absolute Gasteiger partial charge is 0.0645 e. The Morgan fingerprint density at radius 3 is 1.74 bits per heavy atom. The number of para-hydroxylation sites is 1. The number of benzene rings is 6. The van der Waals surface area contributed by atoms with Crippen LogP contribution < -0.4 is 0 Å². The van der Waals surface area contributed by atoms with E-state index in [-0.39, 0.29) is 5.92 Å². The van der Waals surface area contributed by atoms with E-state index in [1.807, 2.05) is 18.5 Å². The summed E-state index contributed by atoms with van der Waals surface area (Å²) >= 11 is 0. The summed E-state index contributed by atoms with van der Waals surface area (Å²) in [7, 11) is 0. The summed E-state index contributed by atoms with van der Waals surface area (Å²) in [6.45, 7) is 0. The lowest BCUT2D eigenvalue weighted by atomic mass is 9.85. The van der Waals surface area contributed by atoms with Crippen molar-refractivity contribution in [3.63, 3.8) is 0 Å². The molecule has 220 valence electrons. The fourth-order valence-electron chi connectivity index (χ4n) is 6.84. The number of pyridine rings is 1. The molecule has 6 aromatic carbocycles. The minimum atomic E-state index is 0.253. The van der Waals surface area contributed by atoms with Gasteiger partial charge in [-0.15, -0.1) is 0 Å². The quantitative estimate of drug-likeness (QED) is 0.172. The highest BCUT2D eigenvalue weighted by Gasteiger charge is 2.19. The van der Waals surface area contributed by atoms with Crippen LogP contribution in [0.2, 0.25) is 0 Å². The highest BCUT2D eigenvalue weighted by molar-refractivity contribution is 6.09. The maximum absolute atomic E-state index is 4.42. The Morgan fingerprint density at radius 1 is 0.478 bits per heavy atom. The molecule has 8 aromatic rings. The van der Waals surface area contributed by atoms with Gasteiger partial charge in [-0.1, -0.05) is 133 Å². The molecule has 0 fully saturated rings. The molecule has 8 rings (SSSR count). The summed E-state index contributed by atoms with van der Waals surface area (Å²) in [5, 5.41) is 2.54. The Bertz CT molecular complexity index is 2220. The maximum Gasteiger partial charge on any atom is 0.0645 e. The molecule has 0 aliphatic rings. The Morgan fingerprint density at radius 2 is 1.07 bits per heavy atom. The zero-order valence-electron chi connectivity index (χ0n) is 25.6. The number of hydrogen-bond acceptors (Lipinski definition) is 1. The van der Waals surface area contributed by atoms with Crippen LogP contribution in [0.5, 0.6) is 0 Å². The fraction of sp³-hybridized carbons (Fsp3) is 0.0682. The molecule has 0 aliphatic heterocycles. The first-order valence-corrected chi connectivity index (χ1v) is 16.0. The molecule has 2 heteroatoms. The van der Waals surface area contributed by atoms with Crippen LogP contribution in [0.1, 0.15) is 29.0 Å². The van der Waals surface area contributed by atoms with Crippen LogP contribution >= 0.6 is 0 Å². The number of rotatable bonds is 8. The van der Waals surface area contributed by atoms with E-state index in [1.165, 1.54) is 60.8 Å². The molecular weight excluding hydrogens is 556 g/mol. The summed E-state index contributed by atoms with van der Waals surface area (Å²) in [5.41, 5.74) is 12.5. The molecule has 2 nitrogen and oxygen atoms in total. The van der Waals surface area contributed by atoms with Crippen molar-refractivity contribution in [3.8, 4) is 27.9 Å². The van der Waals surface area contributed by atoms with Gasteiger partial charge in [-0.25, -0.2) is 0 Å². The first-order chi connectivity index (χ1) is 22.8. The van der Waals surface area contributed by atoms with E-state index in [0.717, 1.165) is 18.5 Å². The summed E-state index contributed by atoms with van der Waals surface area (Å²) in [5.74, 6) is 0.253. The SMILES string of the molecule is c1ccc(-c2ccc(CCC(c3ccc(-c4ccccc4)cc3)c3ccc4c(c3)c3ccccc3n4-c3cccnc3)cc2)cc1. The van der Waals surface area contributed by atoms with Crippen LogP contribution in [-0.4, -0.2) is 9.55 Å². The average molecular weight is 591 g/mol. The Labute approximate surface area is 270 Å². The van der Waals surface area contributed by atoms with Gasteiger partial charge in [0.2, 0.25) is 0 Å². The summed E-state index contributed by atoms with van der Waals surface area (Å²) in [4.78, 5) is 4.42. The van der Waals surface area contributed by atoms with Crippen LogP contribution in [-0.2, 0) is 6.42 Å². The molecule has 0 spiro atoms. The second-order valence-corrected chi connectivity index (χ2v) is 12.0. The minimum Gasteiger partial charge on any atom is -0.308 e. The number of fused-ring (bicyclic) bond motifs is 3. The minimum absolute atomic E-state index is 0.253. The van der Waals surface area contributed by atoms with Gasteiger partial charge in [0.25, 0.3) is 0 Å². The van der Waals surface area contributed by atoms with Crippen molar-refractivity contribution < 1.29 is 0 Å². The summed E-state index contributed by atoms with van der Waals surface area (Å²) in [6, 6.07) is 59.5. The summed E-state index contributed by atoms with van der Waals surface area (Å²) < 4.78 is 2.33. The van der Waals surface area contributed by atoms with Crippen molar-refractivity contribution in [1.29, 1.82) is 0 Å².